The Labute approximate surface area is 123 Å². The van der Waals surface area contributed by atoms with Gasteiger partial charge in [0.25, 0.3) is 0 Å². The van der Waals surface area contributed by atoms with Gasteiger partial charge >= 0.3 is 0 Å². The lowest BCUT2D eigenvalue weighted by atomic mass is 10.1. The zero-order valence-corrected chi connectivity index (χ0v) is 12.5. The van der Waals surface area contributed by atoms with Crippen LogP contribution < -0.4 is 10.5 Å². The van der Waals surface area contributed by atoms with Gasteiger partial charge in [0, 0.05) is 11.1 Å². The van der Waals surface area contributed by atoms with Crippen molar-refractivity contribution in [3.63, 3.8) is 0 Å². The predicted octanol–water partition coefficient (Wildman–Crippen LogP) is 4.91. The van der Waals surface area contributed by atoms with Crippen molar-refractivity contribution in [2.45, 2.75) is 26.8 Å². The van der Waals surface area contributed by atoms with Gasteiger partial charge in [0.15, 0.2) is 11.6 Å². The Kier molecular flexibility index (Phi) is 4.31. The summed E-state index contributed by atoms with van der Waals surface area (Å²) in [5, 5.41) is 0.699. The monoisotopic (exact) mass is 293 g/mol. The molecule has 1 atom stereocenters. The molecule has 2 aromatic carbocycles. The normalized spacial score (nSPS) is 12.3. The van der Waals surface area contributed by atoms with Gasteiger partial charge in [-0.05, 0) is 61.7 Å². The minimum absolute atomic E-state index is 0.176. The molecule has 4 heteroatoms. The molecule has 0 heterocycles. The van der Waals surface area contributed by atoms with E-state index in [4.69, 9.17) is 22.1 Å². The van der Waals surface area contributed by atoms with Gasteiger partial charge in [-0.3, -0.25) is 0 Å². The SMILES string of the molecule is Cc1cc(Oc2ccc([C@@H](C)N)cc2F)cc(C)c1Cl. The molecular weight excluding hydrogens is 277 g/mol. The van der Waals surface area contributed by atoms with E-state index in [-0.39, 0.29) is 11.8 Å². The molecule has 0 fully saturated rings. The van der Waals surface area contributed by atoms with E-state index in [0.717, 1.165) is 16.7 Å². The predicted molar refractivity (Wildman–Crippen MR) is 80.0 cm³/mol. The molecule has 2 N–H and O–H groups in total. The summed E-state index contributed by atoms with van der Waals surface area (Å²) in [7, 11) is 0. The van der Waals surface area contributed by atoms with Gasteiger partial charge in [0.1, 0.15) is 5.75 Å². The molecule has 0 aliphatic carbocycles. The first-order chi connectivity index (χ1) is 9.38. The third kappa shape index (κ3) is 3.11. The van der Waals surface area contributed by atoms with Gasteiger partial charge in [0.2, 0.25) is 0 Å². The molecule has 0 unspecified atom stereocenters. The summed E-state index contributed by atoms with van der Waals surface area (Å²) in [4.78, 5) is 0. The molecule has 20 heavy (non-hydrogen) atoms. The maximum absolute atomic E-state index is 14.0. The van der Waals surface area contributed by atoms with Crippen molar-refractivity contribution in [3.05, 3.63) is 57.9 Å². The molecule has 0 saturated heterocycles. The van der Waals surface area contributed by atoms with Crippen molar-refractivity contribution in [2.75, 3.05) is 0 Å². The Hall–Kier alpha value is -1.58. The molecule has 0 aliphatic heterocycles. The number of ether oxygens (including phenoxy) is 1. The molecule has 0 radical (unpaired) electrons. The fourth-order valence-corrected chi connectivity index (χ4v) is 2.08. The van der Waals surface area contributed by atoms with Crippen LogP contribution in [0.15, 0.2) is 30.3 Å². The van der Waals surface area contributed by atoms with Crippen LogP contribution in [0.5, 0.6) is 11.5 Å². The minimum Gasteiger partial charge on any atom is -0.454 e. The molecule has 0 aliphatic rings. The van der Waals surface area contributed by atoms with Gasteiger partial charge in [0.05, 0.1) is 0 Å². The molecule has 106 valence electrons. The lowest BCUT2D eigenvalue weighted by Gasteiger charge is -2.12. The molecule has 2 aromatic rings. The number of halogens is 2. The lowest BCUT2D eigenvalue weighted by Crippen LogP contribution is -2.05. The molecule has 0 aromatic heterocycles. The van der Waals surface area contributed by atoms with Crippen molar-refractivity contribution in [1.29, 1.82) is 0 Å². The standard InChI is InChI=1S/C16H17ClFNO/c1-9-6-13(7-10(2)16(9)17)20-15-5-4-12(11(3)19)8-14(15)18/h4-8,11H,19H2,1-3H3/t11-/m1/s1. The van der Waals surface area contributed by atoms with Crippen molar-refractivity contribution < 1.29 is 9.13 Å². The smallest absolute Gasteiger partial charge is 0.166 e. The topological polar surface area (TPSA) is 35.2 Å². The van der Waals surface area contributed by atoms with Crippen LogP contribution in [0.4, 0.5) is 4.39 Å². The van der Waals surface area contributed by atoms with Gasteiger partial charge in [-0.25, -0.2) is 4.39 Å². The summed E-state index contributed by atoms with van der Waals surface area (Å²) in [6.45, 7) is 5.58. The highest BCUT2D eigenvalue weighted by Gasteiger charge is 2.10. The van der Waals surface area contributed by atoms with E-state index >= 15 is 0 Å². The Balaban J connectivity index is 2.31. The van der Waals surface area contributed by atoms with E-state index in [2.05, 4.69) is 0 Å². The Morgan fingerprint density at radius 1 is 1.15 bits per heavy atom. The summed E-state index contributed by atoms with van der Waals surface area (Å²) in [5.41, 5.74) is 8.25. The Morgan fingerprint density at radius 3 is 2.25 bits per heavy atom. The number of aryl methyl sites for hydroxylation is 2. The average molecular weight is 294 g/mol. The fourth-order valence-electron chi connectivity index (χ4n) is 1.98. The summed E-state index contributed by atoms with van der Waals surface area (Å²) in [6, 6.07) is 8.11. The van der Waals surface area contributed by atoms with E-state index in [0.29, 0.717) is 10.8 Å². The molecule has 0 saturated carbocycles. The van der Waals surface area contributed by atoms with Crippen LogP contribution in [0, 0.1) is 19.7 Å². The van der Waals surface area contributed by atoms with Crippen LogP contribution >= 0.6 is 11.6 Å². The Bertz CT molecular complexity index is 617. The average Bonchev–Trinajstić information content (AvgIpc) is 2.38. The van der Waals surface area contributed by atoms with E-state index < -0.39 is 5.82 Å². The summed E-state index contributed by atoms with van der Waals surface area (Å²) in [5.74, 6) is 0.317. The van der Waals surface area contributed by atoms with Crippen molar-refractivity contribution in [2.24, 2.45) is 5.73 Å². The number of hydrogen-bond acceptors (Lipinski definition) is 2. The number of hydrogen-bond donors (Lipinski definition) is 1. The maximum atomic E-state index is 14.0. The first-order valence-electron chi connectivity index (χ1n) is 6.38. The zero-order chi connectivity index (χ0) is 14.9. The van der Waals surface area contributed by atoms with E-state index in [9.17, 15) is 4.39 Å². The van der Waals surface area contributed by atoms with E-state index in [1.807, 2.05) is 13.8 Å². The van der Waals surface area contributed by atoms with Crippen LogP contribution in [0.25, 0.3) is 0 Å². The summed E-state index contributed by atoms with van der Waals surface area (Å²) >= 11 is 6.10. The van der Waals surface area contributed by atoms with Crippen LogP contribution in [-0.2, 0) is 0 Å². The fraction of sp³-hybridized carbons (Fsp3) is 0.250. The molecule has 2 rings (SSSR count). The van der Waals surface area contributed by atoms with Crippen LogP contribution in [-0.4, -0.2) is 0 Å². The van der Waals surface area contributed by atoms with E-state index in [1.165, 1.54) is 6.07 Å². The number of benzene rings is 2. The highest BCUT2D eigenvalue weighted by molar-refractivity contribution is 6.32. The molecule has 2 nitrogen and oxygen atoms in total. The van der Waals surface area contributed by atoms with Crippen LogP contribution in [0.3, 0.4) is 0 Å². The molecule has 0 spiro atoms. The molecular formula is C16H17ClFNO. The first-order valence-corrected chi connectivity index (χ1v) is 6.76. The zero-order valence-electron chi connectivity index (χ0n) is 11.7. The van der Waals surface area contributed by atoms with Gasteiger partial charge in [-0.2, -0.15) is 0 Å². The second-order valence-electron chi connectivity index (χ2n) is 4.95. The summed E-state index contributed by atoms with van der Waals surface area (Å²) < 4.78 is 19.6. The van der Waals surface area contributed by atoms with Gasteiger partial charge in [-0.1, -0.05) is 17.7 Å². The largest absolute Gasteiger partial charge is 0.454 e. The minimum atomic E-state index is -0.426. The first kappa shape index (κ1) is 14.8. The maximum Gasteiger partial charge on any atom is 0.166 e. The second-order valence-corrected chi connectivity index (χ2v) is 5.33. The molecule has 0 bridgehead atoms. The second kappa shape index (κ2) is 5.81. The molecule has 0 amide bonds. The van der Waals surface area contributed by atoms with Gasteiger partial charge < -0.3 is 10.5 Å². The Morgan fingerprint density at radius 2 is 1.75 bits per heavy atom. The van der Waals surface area contributed by atoms with Crippen LogP contribution in [0.2, 0.25) is 5.02 Å². The third-order valence-electron chi connectivity index (χ3n) is 3.12. The van der Waals surface area contributed by atoms with Crippen molar-refractivity contribution >= 4 is 11.6 Å². The third-order valence-corrected chi connectivity index (χ3v) is 3.72. The van der Waals surface area contributed by atoms with E-state index in [1.54, 1.807) is 31.2 Å². The number of nitrogens with two attached hydrogens (primary N) is 1. The van der Waals surface area contributed by atoms with Crippen molar-refractivity contribution in [3.8, 4) is 11.5 Å². The number of rotatable bonds is 3. The quantitative estimate of drug-likeness (QED) is 0.873. The van der Waals surface area contributed by atoms with Crippen LogP contribution in [0.1, 0.15) is 29.7 Å². The highest BCUT2D eigenvalue weighted by atomic mass is 35.5. The highest BCUT2D eigenvalue weighted by Crippen LogP contribution is 2.31. The van der Waals surface area contributed by atoms with Crippen molar-refractivity contribution in [1.82, 2.24) is 0 Å². The summed E-state index contributed by atoms with van der Waals surface area (Å²) in [6.07, 6.45) is 0. The van der Waals surface area contributed by atoms with Gasteiger partial charge in [-0.15, -0.1) is 0 Å². The lowest BCUT2D eigenvalue weighted by molar-refractivity contribution is 0.440.